The van der Waals surface area contributed by atoms with Gasteiger partial charge in [0.2, 0.25) is 0 Å². The van der Waals surface area contributed by atoms with Crippen LogP contribution in [0.2, 0.25) is 0 Å². The molecule has 8 nitrogen and oxygen atoms in total. The Hall–Kier alpha value is -3.83. The second kappa shape index (κ2) is 10.6. The number of rotatable bonds is 4. The van der Waals surface area contributed by atoms with Crippen molar-refractivity contribution >= 4 is 17.2 Å². The highest BCUT2D eigenvalue weighted by Crippen LogP contribution is 2.39. The van der Waals surface area contributed by atoms with E-state index in [1.165, 1.54) is 44.5 Å². The number of hydrogen-bond donors (Lipinski definition) is 2. The van der Waals surface area contributed by atoms with Gasteiger partial charge in [0.1, 0.15) is 11.4 Å². The summed E-state index contributed by atoms with van der Waals surface area (Å²) in [5.74, 6) is 9.17. The highest BCUT2D eigenvalue weighted by atomic mass is 16.3. The number of para-hydroxylation sites is 1. The summed E-state index contributed by atoms with van der Waals surface area (Å²) in [5.41, 5.74) is 10.5. The Morgan fingerprint density at radius 3 is 2.40 bits per heavy atom. The molecule has 5 heterocycles. The largest absolute Gasteiger partial charge is 0.507 e. The van der Waals surface area contributed by atoms with E-state index >= 15 is 0 Å². The van der Waals surface area contributed by atoms with Crippen molar-refractivity contribution in [1.29, 1.82) is 0 Å². The monoisotopic (exact) mass is 535 g/mol. The van der Waals surface area contributed by atoms with Crippen molar-refractivity contribution in [3.05, 3.63) is 54.4 Å². The number of aromatic nitrogens is 3. The summed E-state index contributed by atoms with van der Waals surface area (Å²) in [7, 11) is 0. The van der Waals surface area contributed by atoms with Gasteiger partial charge in [-0.05, 0) is 73.8 Å². The molecule has 4 aliphatic rings. The number of nitrogens with zero attached hydrogens (tertiary/aromatic N) is 6. The lowest BCUT2D eigenvalue weighted by molar-refractivity contribution is 0.299. The molecule has 206 valence electrons. The van der Waals surface area contributed by atoms with Crippen LogP contribution in [0, 0.1) is 23.7 Å². The zero-order valence-corrected chi connectivity index (χ0v) is 22.9. The molecule has 0 amide bonds. The van der Waals surface area contributed by atoms with Crippen molar-refractivity contribution in [3.8, 4) is 28.8 Å². The van der Waals surface area contributed by atoms with E-state index in [-0.39, 0.29) is 5.75 Å². The minimum atomic E-state index is 0.187. The molecule has 4 atom stereocenters. The maximum absolute atomic E-state index is 10.3. The summed E-state index contributed by atoms with van der Waals surface area (Å²) >= 11 is 0. The van der Waals surface area contributed by atoms with Gasteiger partial charge in [0, 0.05) is 55.7 Å². The van der Waals surface area contributed by atoms with Crippen LogP contribution < -0.4 is 15.5 Å². The Bertz CT molecular complexity index is 1420. The summed E-state index contributed by atoms with van der Waals surface area (Å²) in [6.45, 7) is 4.98. The van der Waals surface area contributed by atoms with E-state index in [4.69, 9.17) is 5.73 Å². The Kier molecular flexibility index (Phi) is 6.68. The number of pyridine rings is 1. The molecule has 3 N–H and O–H groups in total. The van der Waals surface area contributed by atoms with E-state index in [1.54, 1.807) is 12.1 Å². The molecule has 1 aliphatic carbocycles. The fraction of sp³-hybridized carbons (Fsp3) is 0.469. The Morgan fingerprint density at radius 2 is 1.65 bits per heavy atom. The molecule has 0 radical (unpaired) electrons. The minimum absolute atomic E-state index is 0.187. The van der Waals surface area contributed by atoms with Crippen LogP contribution in [-0.4, -0.2) is 70.0 Å². The van der Waals surface area contributed by atoms with E-state index in [9.17, 15) is 5.11 Å². The number of benzene rings is 1. The van der Waals surface area contributed by atoms with E-state index in [0.29, 0.717) is 29.2 Å². The second-order valence-electron chi connectivity index (χ2n) is 11.9. The molecule has 2 bridgehead atoms. The fourth-order valence-corrected chi connectivity index (χ4v) is 7.51. The fourth-order valence-electron chi connectivity index (χ4n) is 7.51. The molecule has 3 aliphatic heterocycles. The van der Waals surface area contributed by atoms with Gasteiger partial charge in [0.15, 0.2) is 5.82 Å². The highest BCUT2D eigenvalue weighted by Gasteiger charge is 2.41. The molecule has 4 unspecified atom stereocenters. The molecule has 3 aromatic rings. The van der Waals surface area contributed by atoms with Crippen molar-refractivity contribution in [2.24, 2.45) is 11.8 Å². The molecule has 7 rings (SSSR count). The average Bonchev–Trinajstić information content (AvgIpc) is 3.51. The van der Waals surface area contributed by atoms with Crippen LogP contribution >= 0.6 is 0 Å². The van der Waals surface area contributed by atoms with Crippen LogP contribution in [0.3, 0.4) is 0 Å². The standard InChI is InChI=1S/C32H37N7O/c33-32-30(17-29(35-36-32)28-9-3-4-10-31(28)40)38-20-26-11-12-27(21-38)39(26)25-13-14-34-24(16-25)8-5-15-37-18-22-6-1-2-7-23(22)19-37/h3-4,9-10,13-14,16-17,22-23,26-27,40H,1-2,6-7,11-12,15,18-21H2,(H2,33,36). The normalized spacial score (nSPS) is 25.9. The topological polar surface area (TPSA) is 94.6 Å². The first-order valence-corrected chi connectivity index (χ1v) is 14.7. The van der Waals surface area contributed by atoms with E-state index in [0.717, 1.165) is 55.7 Å². The lowest BCUT2D eigenvalue weighted by Crippen LogP contribution is -2.54. The molecule has 1 saturated carbocycles. The average molecular weight is 536 g/mol. The van der Waals surface area contributed by atoms with Crippen LogP contribution in [-0.2, 0) is 0 Å². The van der Waals surface area contributed by atoms with Gasteiger partial charge < -0.3 is 20.6 Å². The van der Waals surface area contributed by atoms with Gasteiger partial charge in [-0.3, -0.25) is 4.90 Å². The van der Waals surface area contributed by atoms with E-state index in [1.807, 2.05) is 24.4 Å². The molecule has 2 aromatic heterocycles. The SMILES string of the molecule is Nc1nnc(-c2ccccc2O)cc1N1CC2CCC(C1)N2c1ccnc(C#CCN2CC3CCCCC3C2)c1. The summed E-state index contributed by atoms with van der Waals surface area (Å²) in [6.07, 6.45) is 9.77. The molecular weight excluding hydrogens is 498 g/mol. The number of piperazine rings is 1. The molecule has 0 spiro atoms. The number of phenols is 1. The third kappa shape index (κ3) is 4.84. The zero-order chi connectivity index (χ0) is 27.1. The van der Waals surface area contributed by atoms with Gasteiger partial charge in [-0.2, -0.15) is 0 Å². The third-order valence-corrected chi connectivity index (χ3v) is 9.42. The molecule has 3 saturated heterocycles. The highest BCUT2D eigenvalue weighted by molar-refractivity contribution is 5.74. The first-order valence-electron chi connectivity index (χ1n) is 14.7. The summed E-state index contributed by atoms with van der Waals surface area (Å²) in [4.78, 5) is 12.0. The molecule has 8 heteroatoms. The predicted molar refractivity (Wildman–Crippen MR) is 158 cm³/mol. The molecule has 40 heavy (non-hydrogen) atoms. The van der Waals surface area contributed by atoms with Crippen molar-refractivity contribution in [2.45, 2.75) is 50.6 Å². The Morgan fingerprint density at radius 1 is 0.900 bits per heavy atom. The maximum atomic E-state index is 10.3. The molecule has 1 aromatic carbocycles. The van der Waals surface area contributed by atoms with Crippen LogP contribution in [0.4, 0.5) is 17.2 Å². The molecule has 4 fully saturated rings. The summed E-state index contributed by atoms with van der Waals surface area (Å²) in [6, 6.07) is 14.2. The Balaban J connectivity index is 1.05. The number of anilines is 3. The van der Waals surface area contributed by atoms with Gasteiger partial charge in [-0.1, -0.05) is 30.9 Å². The number of nitrogens with two attached hydrogens (primary N) is 1. The summed E-state index contributed by atoms with van der Waals surface area (Å²) in [5, 5.41) is 18.8. The van der Waals surface area contributed by atoms with Crippen molar-refractivity contribution in [3.63, 3.8) is 0 Å². The van der Waals surface area contributed by atoms with Crippen LogP contribution in [0.5, 0.6) is 5.75 Å². The minimum Gasteiger partial charge on any atom is -0.507 e. The number of nitrogen functional groups attached to an aromatic ring is 1. The number of phenolic OH excluding ortho intramolecular Hbond substituents is 1. The van der Waals surface area contributed by atoms with E-state index < -0.39 is 0 Å². The van der Waals surface area contributed by atoms with Gasteiger partial charge in [0.05, 0.1) is 17.9 Å². The van der Waals surface area contributed by atoms with Crippen LogP contribution in [0.1, 0.15) is 44.2 Å². The number of hydrogen-bond acceptors (Lipinski definition) is 8. The Labute approximate surface area is 236 Å². The van der Waals surface area contributed by atoms with Gasteiger partial charge in [-0.15, -0.1) is 10.2 Å². The van der Waals surface area contributed by atoms with Crippen molar-refractivity contribution in [1.82, 2.24) is 20.1 Å². The third-order valence-electron chi connectivity index (χ3n) is 9.42. The first-order chi connectivity index (χ1) is 19.6. The lowest BCUT2D eigenvalue weighted by atomic mass is 9.82. The summed E-state index contributed by atoms with van der Waals surface area (Å²) < 4.78 is 0. The maximum Gasteiger partial charge on any atom is 0.169 e. The number of aromatic hydroxyl groups is 1. The van der Waals surface area contributed by atoms with Crippen LogP contribution in [0.15, 0.2) is 48.7 Å². The predicted octanol–water partition coefficient (Wildman–Crippen LogP) is 4.16. The zero-order valence-electron chi connectivity index (χ0n) is 22.9. The van der Waals surface area contributed by atoms with Gasteiger partial charge in [-0.25, -0.2) is 4.98 Å². The molecular formula is C32H37N7O. The number of likely N-dealkylation sites (tertiary alicyclic amines) is 1. The van der Waals surface area contributed by atoms with Crippen molar-refractivity contribution in [2.75, 3.05) is 48.3 Å². The van der Waals surface area contributed by atoms with E-state index in [2.05, 4.69) is 53.9 Å². The first kappa shape index (κ1) is 25.2. The van der Waals surface area contributed by atoms with Gasteiger partial charge >= 0.3 is 0 Å². The van der Waals surface area contributed by atoms with Gasteiger partial charge in [0.25, 0.3) is 0 Å². The quantitative estimate of drug-likeness (QED) is 0.481. The number of fused-ring (bicyclic) bond motifs is 3. The smallest absolute Gasteiger partial charge is 0.169 e. The van der Waals surface area contributed by atoms with Crippen LogP contribution in [0.25, 0.3) is 11.3 Å². The lowest BCUT2D eigenvalue weighted by Gasteiger charge is -2.43. The van der Waals surface area contributed by atoms with Crippen molar-refractivity contribution < 1.29 is 5.11 Å². The second-order valence-corrected chi connectivity index (χ2v) is 11.9.